The van der Waals surface area contributed by atoms with Gasteiger partial charge in [-0.15, -0.1) is 0 Å². The molecule has 7 heteroatoms. The van der Waals surface area contributed by atoms with Crippen LogP contribution in [0.25, 0.3) is 0 Å². The summed E-state index contributed by atoms with van der Waals surface area (Å²) in [6.45, 7) is 13.9. The molecule has 30 heavy (non-hydrogen) atoms. The predicted molar refractivity (Wildman–Crippen MR) is 125 cm³/mol. The summed E-state index contributed by atoms with van der Waals surface area (Å²) < 4.78 is 17.7. The summed E-state index contributed by atoms with van der Waals surface area (Å²) in [7, 11) is 0. The number of nitrogens with zero attached hydrogens (tertiary/aromatic N) is 1. The summed E-state index contributed by atoms with van der Waals surface area (Å²) in [5, 5.41) is 4.08. The van der Waals surface area contributed by atoms with Crippen molar-refractivity contribution >= 4 is 28.9 Å². The van der Waals surface area contributed by atoms with Crippen LogP contribution in [0.15, 0.2) is 27.9 Å². The maximum atomic E-state index is 6.10. The number of benzene rings is 1. The zero-order chi connectivity index (χ0) is 22.6. The highest BCUT2D eigenvalue weighted by atomic mass is 35.5. The number of aryl methyl sites for hydroxylation is 2. The lowest BCUT2D eigenvalue weighted by Gasteiger charge is -2.17. The Morgan fingerprint density at radius 3 is 2.20 bits per heavy atom. The third-order valence-corrected chi connectivity index (χ3v) is 4.24. The quantitative estimate of drug-likeness (QED) is 0.192. The van der Waals surface area contributed by atoms with Gasteiger partial charge < -0.3 is 19.0 Å². The SMILES string of the molecule is CCc1cc(OCC=C(Cl)Cl)cc(CC)c1OCCCOCC(C)=NOC(C)(C)C. The summed E-state index contributed by atoms with van der Waals surface area (Å²) in [4.78, 5) is 5.38. The summed E-state index contributed by atoms with van der Waals surface area (Å²) in [5.74, 6) is 1.73. The van der Waals surface area contributed by atoms with E-state index in [0.717, 1.165) is 47.6 Å². The molecule has 0 unspecified atom stereocenters. The van der Waals surface area contributed by atoms with E-state index in [1.165, 1.54) is 0 Å². The Bertz CT molecular complexity index is 683. The maximum Gasteiger partial charge on any atom is 0.129 e. The number of ether oxygens (including phenoxy) is 3. The lowest BCUT2D eigenvalue weighted by atomic mass is 10.0. The number of hydrogen-bond acceptors (Lipinski definition) is 5. The Kier molecular flexibility index (Phi) is 12.2. The van der Waals surface area contributed by atoms with Crippen LogP contribution in [0.3, 0.4) is 0 Å². The monoisotopic (exact) mass is 459 g/mol. The molecule has 0 spiro atoms. The Hall–Kier alpha value is -1.43. The fourth-order valence-corrected chi connectivity index (χ4v) is 2.64. The average Bonchev–Trinajstić information content (AvgIpc) is 2.68. The van der Waals surface area contributed by atoms with Crippen LogP contribution in [0.1, 0.15) is 59.1 Å². The molecule has 0 atom stereocenters. The second kappa shape index (κ2) is 13.8. The van der Waals surface area contributed by atoms with Gasteiger partial charge in [-0.25, -0.2) is 0 Å². The van der Waals surface area contributed by atoms with Crippen LogP contribution in [-0.4, -0.2) is 37.7 Å². The third kappa shape index (κ3) is 11.1. The Morgan fingerprint density at radius 2 is 1.67 bits per heavy atom. The van der Waals surface area contributed by atoms with Crippen LogP contribution in [0, 0.1) is 0 Å². The Balaban J connectivity index is 2.53. The Labute approximate surface area is 191 Å². The molecule has 1 rings (SSSR count). The molecule has 0 saturated carbocycles. The molecule has 170 valence electrons. The van der Waals surface area contributed by atoms with Crippen molar-refractivity contribution in [3.05, 3.63) is 33.8 Å². The van der Waals surface area contributed by atoms with Crippen molar-refractivity contribution in [2.24, 2.45) is 5.16 Å². The molecule has 0 saturated heterocycles. The van der Waals surface area contributed by atoms with Crippen molar-refractivity contribution < 1.29 is 19.0 Å². The summed E-state index contributed by atoms with van der Waals surface area (Å²) in [6.07, 6.45) is 4.11. The van der Waals surface area contributed by atoms with Gasteiger partial charge in [0.05, 0.1) is 25.5 Å². The number of oxime groups is 1. The maximum absolute atomic E-state index is 6.10. The molecule has 0 fully saturated rings. The van der Waals surface area contributed by atoms with E-state index in [-0.39, 0.29) is 10.1 Å². The van der Waals surface area contributed by atoms with Gasteiger partial charge in [0.1, 0.15) is 28.2 Å². The van der Waals surface area contributed by atoms with Crippen molar-refractivity contribution in [3.8, 4) is 11.5 Å². The van der Waals surface area contributed by atoms with Crippen LogP contribution in [0.4, 0.5) is 0 Å². The minimum atomic E-state index is -0.294. The van der Waals surface area contributed by atoms with Crippen molar-refractivity contribution in [1.82, 2.24) is 0 Å². The van der Waals surface area contributed by atoms with Crippen LogP contribution in [-0.2, 0) is 22.4 Å². The number of hydrogen-bond donors (Lipinski definition) is 0. The number of halogens is 2. The summed E-state index contributed by atoms with van der Waals surface area (Å²) >= 11 is 11.3. The van der Waals surface area contributed by atoms with Gasteiger partial charge in [0, 0.05) is 6.42 Å². The minimum absolute atomic E-state index is 0.201. The molecule has 0 heterocycles. The second-order valence-electron chi connectivity index (χ2n) is 7.87. The van der Waals surface area contributed by atoms with Gasteiger partial charge in [0.15, 0.2) is 0 Å². The predicted octanol–water partition coefficient (Wildman–Crippen LogP) is 6.49. The number of rotatable bonds is 13. The van der Waals surface area contributed by atoms with Crippen LogP contribution >= 0.6 is 23.2 Å². The van der Waals surface area contributed by atoms with E-state index >= 15 is 0 Å². The van der Waals surface area contributed by atoms with Crippen molar-refractivity contribution in [1.29, 1.82) is 0 Å². The lowest BCUT2D eigenvalue weighted by molar-refractivity contribution is -0.000679. The molecule has 0 aliphatic rings. The molecule has 0 aliphatic carbocycles. The molecule has 0 amide bonds. The highest BCUT2D eigenvalue weighted by Crippen LogP contribution is 2.31. The molecule has 0 radical (unpaired) electrons. The first-order chi connectivity index (χ1) is 14.2. The van der Waals surface area contributed by atoms with E-state index in [1.54, 1.807) is 6.08 Å². The zero-order valence-electron chi connectivity index (χ0n) is 19.0. The zero-order valence-corrected chi connectivity index (χ0v) is 20.5. The van der Waals surface area contributed by atoms with Crippen LogP contribution < -0.4 is 9.47 Å². The summed E-state index contributed by atoms with van der Waals surface area (Å²) in [5.41, 5.74) is 2.76. The standard InChI is InChI=1S/C23H35Cl2NO4/c1-7-18-14-20(28-13-10-21(24)25)15-19(8-2)22(18)29-12-9-11-27-16-17(3)26-30-23(4,5)6/h10,14-15H,7-9,11-13,16H2,1-6H3. The molecule has 0 bridgehead atoms. The Morgan fingerprint density at radius 1 is 1.03 bits per heavy atom. The molecule has 0 aliphatic heterocycles. The van der Waals surface area contributed by atoms with E-state index in [9.17, 15) is 0 Å². The minimum Gasteiger partial charge on any atom is -0.493 e. The topological polar surface area (TPSA) is 49.3 Å². The van der Waals surface area contributed by atoms with E-state index in [2.05, 4.69) is 19.0 Å². The van der Waals surface area contributed by atoms with Gasteiger partial charge >= 0.3 is 0 Å². The van der Waals surface area contributed by atoms with Crippen LogP contribution in [0.5, 0.6) is 11.5 Å². The van der Waals surface area contributed by atoms with Crippen molar-refractivity contribution in [3.63, 3.8) is 0 Å². The van der Waals surface area contributed by atoms with Crippen molar-refractivity contribution in [2.45, 2.75) is 66.4 Å². The normalized spacial score (nSPS) is 11.9. The van der Waals surface area contributed by atoms with Gasteiger partial charge in [-0.05, 0) is 69.9 Å². The summed E-state index contributed by atoms with van der Waals surface area (Å²) in [6, 6.07) is 4.02. The molecular formula is C23H35Cl2NO4. The smallest absolute Gasteiger partial charge is 0.129 e. The molecule has 0 N–H and O–H groups in total. The van der Waals surface area contributed by atoms with Gasteiger partial charge in [-0.2, -0.15) is 0 Å². The fourth-order valence-electron chi connectivity index (χ4n) is 2.51. The molecule has 5 nitrogen and oxygen atoms in total. The van der Waals surface area contributed by atoms with Gasteiger partial charge in [-0.1, -0.05) is 42.2 Å². The van der Waals surface area contributed by atoms with E-state index in [4.69, 9.17) is 42.3 Å². The van der Waals surface area contributed by atoms with Gasteiger partial charge in [0.2, 0.25) is 0 Å². The molecular weight excluding hydrogens is 425 g/mol. The van der Waals surface area contributed by atoms with Gasteiger partial charge in [-0.3, -0.25) is 0 Å². The van der Waals surface area contributed by atoms with Crippen LogP contribution in [0.2, 0.25) is 0 Å². The molecule has 1 aromatic carbocycles. The van der Waals surface area contributed by atoms with E-state index in [1.807, 2.05) is 39.8 Å². The highest BCUT2D eigenvalue weighted by molar-refractivity contribution is 6.55. The molecule has 1 aromatic rings. The molecule has 0 aromatic heterocycles. The lowest BCUT2D eigenvalue weighted by Crippen LogP contribution is -2.17. The first-order valence-electron chi connectivity index (χ1n) is 10.4. The average molecular weight is 460 g/mol. The highest BCUT2D eigenvalue weighted by Gasteiger charge is 2.12. The first kappa shape index (κ1) is 26.6. The van der Waals surface area contributed by atoms with Gasteiger partial charge in [0.25, 0.3) is 0 Å². The van der Waals surface area contributed by atoms with E-state index in [0.29, 0.717) is 26.4 Å². The third-order valence-electron chi connectivity index (χ3n) is 3.93. The van der Waals surface area contributed by atoms with Crippen molar-refractivity contribution in [2.75, 3.05) is 26.4 Å². The van der Waals surface area contributed by atoms with E-state index < -0.39 is 0 Å². The first-order valence-corrected chi connectivity index (χ1v) is 11.1. The largest absolute Gasteiger partial charge is 0.493 e. The fraction of sp³-hybridized carbons (Fsp3) is 0.609. The second-order valence-corrected chi connectivity index (χ2v) is 8.88.